The van der Waals surface area contributed by atoms with Crippen molar-refractivity contribution >= 4 is 22.8 Å². The number of aromatic nitrogens is 2. The van der Waals surface area contributed by atoms with Crippen LogP contribution in [-0.2, 0) is 6.18 Å². The monoisotopic (exact) mass is 272 g/mol. The number of nitrogens with zero attached hydrogens (tertiary/aromatic N) is 3. The second-order valence-electron chi connectivity index (χ2n) is 4.17. The molecule has 0 fully saturated rings. The number of halogens is 3. The normalized spacial score (nSPS) is 11.8. The van der Waals surface area contributed by atoms with E-state index in [-0.39, 0.29) is 16.7 Å². The van der Waals surface area contributed by atoms with E-state index in [1.165, 1.54) is 31.1 Å². The number of carbonyl (C=O) groups is 1. The van der Waals surface area contributed by atoms with Gasteiger partial charge in [0.15, 0.2) is 0 Å². The van der Waals surface area contributed by atoms with Crippen molar-refractivity contribution in [3.63, 3.8) is 0 Å². The van der Waals surface area contributed by atoms with Crippen LogP contribution in [0.4, 0.5) is 23.8 Å². The summed E-state index contributed by atoms with van der Waals surface area (Å²) in [4.78, 5) is 12.9. The molecule has 1 aromatic heterocycles. The van der Waals surface area contributed by atoms with Gasteiger partial charge in [0.1, 0.15) is 5.82 Å². The molecule has 0 spiro atoms. The van der Waals surface area contributed by atoms with Crippen LogP contribution in [0.5, 0.6) is 0 Å². The summed E-state index contributed by atoms with van der Waals surface area (Å²) in [5, 5.41) is 3.55. The van der Waals surface area contributed by atoms with Crippen LogP contribution in [0.25, 0.3) is 10.9 Å². The van der Waals surface area contributed by atoms with Crippen LogP contribution in [0.15, 0.2) is 18.2 Å². The number of benzene rings is 1. The minimum Gasteiger partial charge on any atom is -0.383 e. The molecule has 19 heavy (non-hydrogen) atoms. The Morgan fingerprint density at radius 1 is 1.37 bits per heavy atom. The van der Waals surface area contributed by atoms with Gasteiger partial charge in [-0.2, -0.15) is 23.0 Å². The van der Waals surface area contributed by atoms with Crippen LogP contribution < -0.4 is 5.73 Å². The maximum absolute atomic E-state index is 12.9. The third kappa shape index (κ3) is 2.09. The molecule has 102 valence electrons. The summed E-state index contributed by atoms with van der Waals surface area (Å²) in [5.41, 5.74) is 4.76. The molecule has 8 heteroatoms. The third-order valence-electron chi connectivity index (χ3n) is 2.60. The Hall–Kier alpha value is -2.25. The van der Waals surface area contributed by atoms with E-state index >= 15 is 0 Å². The lowest BCUT2D eigenvalue weighted by Crippen LogP contribution is -2.29. The van der Waals surface area contributed by atoms with E-state index in [0.29, 0.717) is 0 Å². The van der Waals surface area contributed by atoms with Crippen molar-refractivity contribution < 1.29 is 18.0 Å². The highest BCUT2D eigenvalue weighted by Crippen LogP contribution is 2.37. The summed E-state index contributed by atoms with van der Waals surface area (Å²) in [6.07, 6.45) is -4.55. The zero-order valence-electron chi connectivity index (χ0n) is 10.2. The molecule has 2 rings (SSSR count). The van der Waals surface area contributed by atoms with Crippen LogP contribution in [0.2, 0.25) is 0 Å². The van der Waals surface area contributed by atoms with Gasteiger partial charge in [0, 0.05) is 14.1 Å². The van der Waals surface area contributed by atoms with E-state index in [0.717, 1.165) is 10.7 Å². The lowest BCUT2D eigenvalue weighted by molar-refractivity contribution is -0.136. The van der Waals surface area contributed by atoms with Gasteiger partial charge in [0.05, 0.1) is 16.5 Å². The van der Waals surface area contributed by atoms with Gasteiger partial charge < -0.3 is 10.6 Å². The molecule has 1 heterocycles. The molecule has 1 amide bonds. The highest BCUT2D eigenvalue weighted by molar-refractivity contribution is 5.97. The second kappa shape index (κ2) is 4.15. The molecule has 0 saturated carbocycles. The number of carbonyl (C=O) groups excluding carboxylic acids is 1. The first kappa shape index (κ1) is 13.2. The number of alkyl halides is 3. The summed E-state index contributed by atoms with van der Waals surface area (Å²) < 4.78 is 39.4. The van der Waals surface area contributed by atoms with Crippen molar-refractivity contribution in [2.45, 2.75) is 6.18 Å². The summed E-state index contributed by atoms with van der Waals surface area (Å²) in [5.74, 6) is -0.318. The smallest absolute Gasteiger partial charge is 0.383 e. The lowest BCUT2D eigenvalue weighted by atomic mass is 10.1. The Morgan fingerprint density at radius 2 is 2.00 bits per heavy atom. The molecule has 5 nitrogen and oxygen atoms in total. The molecule has 0 atom stereocenters. The van der Waals surface area contributed by atoms with Crippen molar-refractivity contribution in [3.05, 3.63) is 23.8 Å². The SMILES string of the molecule is CN(C)C(=O)n1nc2cccc(C(F)(F)F)c2c1N. The topological polar surface area (TPSA) is 64.2 Å². The molecule has 0 radical (unpaired) electrons. The fourth-order valence-corrected chi connectivity index (χ4v) is 1.73. The number of nitrogen functional groups attached to an aromatic ring is 1. The van der Waals surface area contributed by atoms with Crippen LogP contribution in [-0.4, -0.2) is 34.8 Å². The zero-order valence-corrected chi connectivity index (χ0v) is 10.2. The van der Waals surface area contributed by atoms with Crippen molar-refractivity contribution in [1.29, 1.82) is 0 Å². The van der Waals surface area contributed by atoms with Gasteiger partial charge in [-0.05, 0) is 12.1 Å². The molecular weight excluding hydrogens is 261 g/mol. The van der Waals surface area contributed by atoms with Crippen LogP contribution in [0.1, 0.15) is 5.56 Å². The molecule has 0 saturated heterocycles. The van der Waals surface area contributed by atoms with Crippen LogP contribution >= 0.6 is 0 Å². The molecule has 0 unspecified atom stereocenters. The highest BCUT2D eigenvalue weighted by Gasteiger charge is 2.34. The van der Waals surface area contributed by atoms with Crippen LogP contribution in [0, 0.1) is 0 Å². The predicted octanol–water partition coefficient (Wildman–Crippen LogP) is 2.17. The molecular formula is C11H11F3N4O. The third-order valence-corrected chi connectivity index (χ3v) is 2.60. The number of amides is 1. The fourth-order valence-electron chi connectivity index (χ4n) is 1.73. The van der Waals surface area contributed by atoms with Gasteiger partial charge in [-0.15, -0.1) is 0 Å². The van der Waals surface area contributed by atoms with Gasteiger partial charge in [0.25, 0.3) is 0 Å². The van der Waals surface area contributed by atoms with E-state index < -0.39 is 17.8 Å². The minimum atomic E-state index is -4.55. The van der Waals surface area contributed by atoms with Gasteiger partial charge >= 0.3 is 12.2 Å². The minimum absolute atomic E-state index is 0.0301. The zero-order chi connectivity index (χ0) is 14.4. The van der Waals surface area contributed by atoms with Gasteiger partial charge in [-0.1, -0.05) is 6.07 Å². The molecule has 2 aromatic rings. The van der Waals surface area contributed by atoms with E-state index in [1.54, 1.807) is 0 Å². The quantitative estimate of drug-likeness (QED) is 0.799. The molecule has 2 N–H and O–H groups in total. The Labute approximate surface area is 106 Å². The Balaban J connectivity index is 2.75. The fraction of sp³-hybridized carbons (Fsp3) is 0.273. The second-order valence-corrected chi connectivity index (χ2v) is 4.17. The van der Waals surface area contributed by atoms with Crippen molar-refractivity contribution in [1.82, 2.24) is 14.7 Å². The first-order valence-corrected chi connectivity index (χ1v) is 5.29. The van der Waals surface area contributed by atoms with E-state index in [1.807, 2.05) is 0 Å². The first-order valence-electron chi connectivity index (χ1n) is 5.29. The largest absolute Gasteiger partial charge is 0.417 e. The first-order chi connectivity index (χ1) is 8.73. The highest BCUT2D eigenvalue weighted by atomic mass is 19.4. The van der Waals surface area contributed by atoms with Gasteiger partial charge in [-0.3, -0.25) is 0 Å². The molecule has 0 aliphatic carbocycles. The number of nitrogens with two attached hydrogens (primary N) is 1. The Morgan fingerprint density at radius 3 is 2.53 bits per heavy atom. The number of rotatable bonds is 0. The summed E-state index contributed by atoms with van der Waals surface area (Å²) in [6, 6.07) is 2.90. The number of hydrogen-bond acceptors (Lipinski definition) is 3. The average Bonchev–Trinajstić information content (AvgIpc) is 2.64. The maximum atomic E-state index is 12.9. The number of fused-ring (bicyclic) bond motifs is 1. The summed E-state index contributed by atoms with van der Waals surface area (Å²) >= 11 is 0. The Kier molecular flexibility index (Phi) is 2.88. The van der Waals surface area contributed by atoms with Crippen molar-refractivity contribution in [3.8, 4) is 0 Å². The summed E-state index contributed by atoms with van der Waals surface area (Å²) in [6.45, 7) is 0. The lowest BCUT2D eigenvalue weighted by Gasteiger charge is -2.11. The maximum Gasteiger partial charge on any atom is 0.417 e. The standard InChI is InChI=1S/C11H11F3N4O/c1-17(2)10(19)18-9(15)8-6(11(12,13)14)4-3-5-7(8)16-18/h3-5H,15H2,1-2H3. The molecule has 0 bridgehead atoms. The predicted molar refractivity (Wildman–Crippen MR) is 63.6 cm³/mol. The van der Waals surface area contributed by atoms with Gasteiger partial charge in [-0.25, -0.2) is 4.79 Å². The molecule has 1 aromatic carbocycles. The molecule has 0 aliphatic rings. The Bertz CT molecular complexity index is 645. The van der Waals surface area contributed by atoms with Crippen molar-refractivity contribution in [2.75, 3.05) is 19.8 Å². The van der Waals surface area contributed by atoms with E-state index in [2.05, 4.69) is 5.10 Å². The van der Waals surface area contributed by atoms with E-state index in [9.17, 15) is 18.0 Å². The summed E-state index contributed by atoms with van der Waals surface area (Å²) in [7, 11) is 2.91. The number of hydrogen-bond donors (Lipinski definition) is 1. The number of anilines is 1. The van der Waals surface area contributed by atoms with Crippen molar-refractivity contribution in [2.24, 2.45) is 0 Å². The van der Waals surface area contributed by atoms with Gasteiger partial charge in [0.2, 0.25) is 0 Å². The van der Waals surface area contributed by atoms with Crippen LogP contribution in [0.3, 0.4) is 0 Å². The average molecular weight is 272 g/mol. The molecule has 0 aliphatic heterocycles. The van der Waals surface area contributed by atoms with E-state index in [4.69, 9.17) is 5.73 Å².